The van der Waals surface area contributed by atoms with Gasteiger partial charge in [0.05, 0.1) is 11.8 Å². The number of aliphatic imine (C=N–C) groups is 1. The van der Waals surface area contributed by atoms with Gasteiger partial charge in [-0.1, -0.05) is 45.4 Å². The molecule has 1 saturated heterocycles. The Labute approximate surface area is 240 Å². The molecule has 2 aromatic rings. The lowest BCUT2D eigenvalue weighted by Crippen LogP contribution is -2.38. The normalized spacial score (nSPS) is 15.9. The summed E-state index contributed by atoms with van der Waals surface area (Å²) in [4.78, 5) is 31.3. The number of aliphatic hydroxyl groups excluding tert-OH is 1. The van der Waals surface area contributed by atoms with Gasteiger partial charge in [0.1, 0.15) is 5.84 Å². The van der Waals surface area contributed by atoms with Crippen molar-refractivity contribution < 1.29 is 14.7 Å². The van der Waals surface area contributed by atoms with Crippen LogP contribution in [-0.4, -0.2) is 60.4 Å². The SMILES string of the molecule is CC.CC1=Cc2ccc(C(=O)Nc3ccc(N4CCCC(O)C4)cc3)cc2N=C(N)C1.CCCN(C=O)CCC. The van der Waals surface area contributed by atoms with Crippen LogP contribution in [0.15, 0.2) is 53.0 Å². The van der Waals surface area contributed by atoms with Gasteiger partial charge in [-0.15, -0.1) is 0 Å². The van der Waals surface area contributed by atoms with E-state index in [1.165, 1.54) is 0 Å². The number of amides is 2. The molecule has 218 valence electrons. The quantitative estimate of drug-likeness (QED) is 0.351. The van der Waals surface area contributed by atoms with Crippen LogP contribution < -0.4 is 16.0 Å². The first-order valence-corrected chi connectivity index (χ1v) is 14.5. The first-order chi connectivity index (χ1) is 19.3. The van der Waals surface area contributed by atoms with E-state index in [1.807, 2.05) is 51.1 Å². The summed E-state index contributed by atoms with van der Waals surface area (Å²) in [6.45, 7) is 13.6. The highest BCUT2D eigenvalue weighted by molar-refractivity contribution is 6.05. The summed E-state index contributed by atoms with van der Waals surface area (Å²) in [7, 11) is 0. The first kappa shape index (κ1) is 32.6. The van der Waals surface area contributed by atoms with E-state index in [2.05, 4.69) is 35.1 Å². The second-order valence-electron chi connectivity index (χ2n) is 9.93. The summed E-state index contributed by atoms with van der Waals surface area (Å²) in [5.74, 6) is 0.362. The number of piperidine rings is 1. The van der Waals surface area contributed by atoms with E-state index >= 15 is 0 Å². The number of rotatable bonds is 8. The van der Waals surface area contributed by atoms with Gasteiger partial charge in [-0.05, 0) is 69.0 Å². The van der Waals surface area contributed by atoms with E-state index < -0.39 is 0 Å². The van der Waals surface area contributed by atoms with Crippen molar-refractivity contribution >= 4 is 41.3 Å². The Bertz CT molecular complexity index is 1140. The van der Waals surface area contributed by atoms with Gasteiger partial charge < -0.3 is 26.0 Å². The van der Waals surface area contributed by atoms with Crippen LogP contribution in [0, 0.1) is 0 Å². The third kappa shape index (κ3) is 10.2. The van der Waals surface area contributed by atoms with Gasteiger partial charge in [-0.3, -0.25) is 9.59 Å². The molecule has 0 radical (unpaired) electrons. The summed E-state index contributed by atoms with van der Waals surface area (Å²) >= 11 is 0. The number of hydrogen-bond acceptors (Lipinski definition) is 6. The van der Waals surface area contributed by atoms with Gasteiger partial charge in [0.15, 0.2) is 0 Å². The van der Waals surface area contributed by atoms with E-state index in [0.717, 1.165) is 74.2 Å². The van der Waals surface area contributed by atoms with Crippen molar-refractivity contribution in [2.24, 2.45) is 10.7 Å². The summed E-state index contributed by atoms with van der Waals surface area (Å²) in [5.41, 5.74) is 11.1. The molecule has 0 aromatic heterocycles. The van der Waals surface area contributed by atoms with Crippen LogP contribution in [0.5, 0.6) is 0 Å². The average molecular weight is 550 g/mol. The number of fused-ring (bicyclic) bond motifs is 1. The third-order valence-electron chi connectivity index (χ3n) is 6.48. The Morgan fingerprint density at radius 3 is 2.42 bits per heavy atom. The summed E-state index contributed by atoms with van der Waals surface area (Å²) < 4.78 is 0. The molecule has 2 aliphatic rings. The van der Waals surface area contributed by atoms with Crippen LogP contribution in [-0.2, 0) is 4.79 Å². The van der Waals surface area contributed by atoms with Crippen LogP contribution in [0.4, 0.5) is 17.1 Å². The number of anilines is 2. The Morgan fingerprint density at radius 1 is 1.15 bits per heavy atom. The molecule has 2 heterocycles. The minimum absolute atomic E-state index is 0.187. The van der Waals surface area contributed by atoms with Crippen LogP contribution in [0.1, 0.15) is 82.6 Å². The van der Waals surface area contributed by atoms with Crippen molar-refractivity contribution in [3.05, 3.63) is 59.2 Å². The number of carbonyl (C=O) groups is 2. The zero-order valence-electron chi connectivity index (χ0n) is 24.8. The number of benzene rings is 2. The molecule has 2 aliphatic heterocycles. The predicted octanol–water partition coefficient (Wildman–Crippen LogP) is 5.99. The number of hydrogen-bond donors (Lipinski definition) is 3. The number of nitrogens with zero attached hydrogens (tertiary/aromatic N) is 3. The first-order valence-electron chi connectivity index (χ1n) is 14.5. The van der Waals surface area contributed by atoms with Crippen molar-refractivity contribution in [1.82, 2.24) is 4.90 Å². The van der Waals surface area contributed by atoms with Crippen molar-refractivity contribution in [1.29, 1.82) is 0 Å². The monoisotopic (exact) mass is 549 g/mol. The van der Waals surface area contributed by atoms with Crippen LogP contribution in [0.25, 0.3) is 6.08 Å². The molecule has 4 rings (SSSR count). The zero-order chi connectivity index (χ0) is 29.5. The topological polar surface area (TPSA) is 111 Å². The molecule has 0 spiro atoms. The second-order valence-corrected chi connectivity index (χ2v) is 9.93. The summed E-state index contributed by atoms with van der Waals surface area (Å²) in [6, 6.07) is 13.2. The second kappa shape index (κ2) is 17.1. The Kier molecular flexibility index (Phi) is 13.9. The third-order valence-corrected chi connectivity index (χ3v) is 6.48. The smallest absolute Gasteiger partial charge is 0.255 e. The van der Waals surface area contributed by atoms with E-state index in [0.29, 0.717) is 30.1 Å². The average Bonchev–Trinajstić information content (AvgIpc) is 3.10. The lowest BCUT2D eigenvalue weighted by Gasteiger charge is -2.32. The Balaban J connectivity index is 0.000000436. The van der Waals surface area contributed by atoms with E-state index in [1.54, 1.807) is 17.0 Å². The van der Waals surface area contributed by atoms with Gasteiger partial charge in [0.2, 0.25) is 6.41 Å². The molecule has 8 heteroatoms. The number of aliphatic hydroxyl groups is 1. The van der Waals surface area contributed by atoms with Gasteiger partial charge >= 0.3 is 0 Å². The Hall–Kier alpha value is -3.65. The van der Waals surface area contributed by atoms with Gasteiger partial charge in [-0.2, -0.15) is 0 Å². The molecule has 4 N–H and O–H groups in total. The molecule has 1 fully saturated rings. The fourth-order valence-corrected chi connectivity index (χ4v) is 4.64. The van der Waals surface area contributed by atoms with Crippen molar-refractivity contribution in [2.45, 2.75) is 72.8 Å². The summed E-state index contributed by atoms with van der Waals surface area (Å²) in [5, 5.41) is 12.8. The lowest BCUT2D eigenvalue weighted by atomic mass is 10.1. The van der Waals surface area contributed by atoms with Gasteiger partial charge in [0, 0.05) is 55.1 Å². The van der Waals surface area contributed by atoms with Gasteiger partial charge in [-0.25, -0.2) is 4.99 Å². The molecule has 0 bridgehead atoms. The van der Waals surface area contributed by atoms with E-state index in [9.17, 15) is 14.7 Å². The molecular weight excluding hydrogens is 502 g/mol. The zero-order valence-corrected chi connectivity index (χ0v) is 24.8. The number of β-amino-alcohol motifs (C(OH)–C–C–N with tert-alkyl or cyclic N) is 1. The van der Waals surface area contributed by atoms with Crippen molar-refractivity contribution in [2.75, 3.05) is 36.4 Å². The van der Waals surface area contributed by atoms with Gasteiger partial charge in [0.25, 0.3) is 5.91 Å². The fraction of sp³-hybridized carbons (Fsp3) is 0.469. The Morgan fingerprint density at radius 2 is 1.82 bits per heavy atom. The number of nitrogens with one attached hydrogen (secondary N) is 1. The highest BCUT2D eigenvalue weighted by atomic mass is 16.3. The molecule has 8 nitrogen and oxygen atoms in total. The maximum Gasteiger partial charge on any atom is 0.255 e. The van der Waals surface area contributed by atoms with Crippen molar-refractivity contribution in [3.8, 4) is 0 Å². The minimum Gasteiger partial charge on any atom is -0.391 e. The molecule has 2 aromatic carbocycles. The number of amidine groups is 1. The standard InChI is InChI=1S/C23H26N4O2.C7H15NO.C2H6/c1-15-11-16-4-5-17(13-21(16)26-22(24)12-15)23(29)25-18-6-8-19(9-7-18)27-10-2-3-20(28)14-27;1-3-5-8(7-9)6-4-2;1-2/h4-9,11,13,20,28H,2-3,10,12,14H2,1H3,(H2,24,26)(H,25,29);7H,3-6H2,1-2H3;1-2H3. The molecule has 1 atom stereocenters. The number of nitrogens with two attached hydrogens (primary N) is 1. The molecule has 1 unspecified atom stereocenters. The minimum atomic E-state index is -0.272. The highest BCUT2D eigenvalue weighted by Gasteiger charge is 2.18. The molecule has 40 heavy (non-hydrogen) atoms. The maximum absolute atomic E-state index is 12.7. The van der Waals surface area contributed by atoms with Crippen LogP contribution in [0.3, 0.4) is 0 Å². The van der Waals surface area contributed by atoms with Crippen molar-refractivity contribution in [3.63, 3.8) is 0 Å². The van der Waals surface area contributed by atoms with Crippen LogP contribution in [0.2, 0.25) is 0 Å². The van der Waals surface area contributed by atoms with E-state index in [-0.39, 0.29) is 12.0 Å². The van der Waals surface area contributed by atoms with Crippen LogP contribution >= 0.6 is 0 Å². The molecular formula is C32H47N5O3. The van der Waals surface area contributed by atoms with E-state index in [4.69, 9.17) is 5.73 Å². The molecule has 0 aliphatic carbocycles. The maximum atomic E-state index is 12.7. The molecule has 0 saturated carbocycles. The largest absolute Gasteiger partial charge is 0.391 e. The highest BCUT2D eigenvalue weighted by Crippen LogP contribution is 2.28. The summed E-state index contributed by atoms with van der Waals surface area (Å²) in [6.07, 6.45) is 7.29. The fourth-order valence-electron chi connectivity index (χ4n) is 4.64. The lowest BCUT2D eigenvalue weighted by molar-refractivity contribution is -0.118. The number of carbonyl (C=O) groups excluding carboxylic acids is 2. The molecule has 2 amide bonds. The predicted molar refractivity (Wildman–Crippen MR) is 167 cm³/mol.